The first-order valence-electron chi connectivity index (χ1n) is 6.51. The molecule has 0 aromatic heterocycles. The van der Waals surface area contributed by atoms with Gasteiger partial charge in [-0.2, -0.15) is 0 Å². The number of phenols is 2. The van der Waals surface area contributed by atoms with E-state index in [-0.39, 0.29) is 23.9 Å². The summed E-state index contributed by atoms with van der Waals surface area (Å²) >= 11 is 0. The summed E-state index contributed by atoms with van der Waals surface area (Å²) in [5.41, 5.74) is 0.784. The summed E-state index contributed by atoms with van der Waals surface area (Å²) < 4.78 is 5.62. The fourth-order valence-corrected chi connectivity index (χ4v) is 2.31. The van der Waals surface area contributed by atoms with Crippen molar-refractivity contribution in [3.63, 3.8) is 0 Å². The van der Waals surface area contributed by atoms with E-state index in [0.29, 0.717) is 11.1 Å². The molecule has 6 nitrogen and oxygen atoms in total. The van der Waals surface area contributed by atoms with Crippen molar-refractivity contribution in [2.45, 2.75) is 25.2 Å². The van der Waals surface area contributed by atoms with Crippen LogP contribution in [0.15, 0.2) is 41.7 Å². The van der Waals surface area contributed by atoms with Crippen molar-refractivity contribution in [3.05, 3.63) is 47.2 Å². The highest BCUT2D eigenvalue weighted by molar-refractivity contribution is 5.43. The molecule has 114 valence electrons. The van der Waals surface area contributed by atoms with E-state index in [4.69, 9.17) is 9.84 Å². The van der Waals surface area contributed by atoms with Crippen LogP contribution < -0.4 is 0 Å². The highest BCUT2D eigenvalue weighted by Gasteiger charge is 2.38. The van der Waals surface area contributed by atoms with Crippen molar-refractivity contribution in [2.75, 3.05) is 6.61 Å². The fourth-order valence-electron chi connectivity index (χ4n) is 2.31. The van der Waals surface area contributed by atoms with Crippen molar-refractivity contribution in [2.24, 2.45) is 0 Å². The Balaban J connectivity index is 2.40. The van der Waals surface area contributed by atoms with Crippen LogP contribution in [0.25, 0.3) is 0 Å². The summed E-state index contributed by atoms with van der Waals surface area (Å²) in [6.45, 7) is 1.41. The van der Waals surface area contributed by atoms with Crippen LogP contribution in [0.5, 0.6) is 11.5 Å². The first-order chi connectivity index (χ1) is 9.99. The molecule has 6 heteroatoms. The van der Waals surface area contributed by atoms with Crippen molar-refractivity contribution < 1.29 is 30.3 Å². The van der Waals surface area contributed by atoms with Crippen LogP contribution in [0.1, 0.15) is 18.6 Å². The average molecular weight is 294 g/mol. The molecule has 0 bridgehead atoms. The molecule has 1 aliphatic heterocycles. The van der Waals surface area contributed by atoms with Crippen LogP contribution in [-0.4, -0.2) is 44.3 Å². The largest absolute Gasteiger partial charge is 0.504 e. The number of rotatable bonds is 2. The molecule has 3 atom stereocenters. The SMILES string of the molecule is C/C=C1\C(=C/CO)OC(c2ccc(O)c(O)c2)[C@@H](O)C1O. The number of aromatic hydroxyl groups is 2. The zero-order valence-electron chi connectivity index (χ0n) is 11.5. The number of allylic oxidation sites excluding steroid dienone is 1. The molecule has 1 aliphatic rings. The first-order valence-corrected chi connectivity index (χ1v) is 6.51. The van der Waals surface area contributed by atoms with Crippen LogP contribution in [0.2, 0.25) is 0 Å². The third kappa shape index (κ3) is 2.87. The molecule has 0 amide bonds. The number of hydrogen-bond donors (Lipinski definition) is 5. The molecule has 5 N–H and O–H groups in total. The normalized spacial score (nSPS) is 29.6. The quantitative estimate of drug-likeness (QED) is 0.514. The Bertz CT molecular complexity index is 578. The maximum atomic E-state index is 10.2. The van der Waals surface area contributed by atoms with Crippen LogP contribution in [0.4, 0.5) is 0 Å². The average Bonchev–Trinajstić information content (AvgIpc) is 2.46. The zero-order valence-corrected chi connectivity index (χ0v) is 11.5. The van der Waals surface area contributed by atoms with Gasteiger partial charge in [0.15, 0.2) is 17.6 Å². The van der Waals surface area contributed by atoms with Gasteiger partial charge in [0.25, 0.3) is 0 Å². The molecule has 1 fully saturated rings. The highest BCUT2D eigenvalue weighted by Crippen LogP contribution is 2.39. The Hall–Kier alpha value is -2.02. The number of hydrogen-bond acceptors (Lipinski definition) is 6. The van der Waals surface area contributed by atoms with Crippen molar-refractivity contribution in [3.8, 4) is 11.5 Å². The van der Waals surface area contributed by atoms with E-state index in [9.17, 15) is 20.4 Å². The maximum Gasteiger partial charge on any atom is 0.157 e. The molecule has 2 rings (SSSR count). The third-order valence-electron chi connectivity index (χ3n) is 3.41. The minimum absolute atomic E-state index is 0.273. The molecule has 1 heterocycles. The van der Waals surface area contributed by atoms with E-state index in [2.05, 4.69) is 0 Å². The van der Waals surface area contributed by atoms with Gasteiger partial charge in [-0.25, -0.2) is 0 Å². The predicted molar refractivity (Wildman–Crippen MR) is 74.5 cm³/mol. The lowest BCUT2D eigenvalue weighted by Crippen LogP contribution is -2.40. The molecular formula is C15H18O6. The lowest BCUT2D eigenvalue weighted by Gasteiger charge is -2.36. The molecule has 21 heavy (non-hydrogen) atoms. The molecule has 0 spiro atoms. The number of aliphatic hydroxyl groups excluding tert-OH is 3. The number of phenolic OH excluding ortho intramolecular Hbond substituents is 2. The lowest BCUT2D eigenvalue weighted by atomic mass is 9.91. The van der Waals surface area contributed by atoms with Gasteiger partial charge in [0.1, 0.15) is 18.0 Å². The van der Waals surface area contributed by atoms with Gasteiger partial charge in [-0.05, 0) is 30.7 Å². The maximum absolute atomic E-state index is 10.2. The molecule has 1 aromatic rings. The molecule has 1 aromatic carbocycles. The first kappa shape index (κ1) is 15.4. The van der Waals surface area contributed by atoms with Gasteiger partial charge >= 0.3 is 0 Å². The topological polar surface area (TPSA) is 110 Å². The third-order valence-corrected chi connectivity index (χ3v) is 3.41. The summed E-state index contributed by atoms with van der Waals surface area (Å²) in [5, 5.41) is 48.2. The summed E-state index contributed by atoms with van der Waals surface area (Å²) in [5.74, 6) is -0.359. The summed E-state index contributed by atoms with van der Waals surface area (Å²) in [4.78, 5) is 0. The van der Waals surface area contributed by atoms with Crippen LogP contribution >= 0.6 is 0 Å². The van der Waals surface area contributed by atoms with Crippen molar-refractivity contribution >= 4 is 0 Å². The smallest absolute Gasteiger partial charge is 0.157 e. The van der Waals surface area contributed by atoms with E-state index in [0.717, 1.165) is 0 Å². The van der Waals surface area contributed by atoms with Gasteiger partial charge in [0.05, 0.1) is 6.61 Å². The van der Waals surface area contributed by atoms with Gasteiger partial charge in [-0.15, -0.1) is 0 Å². The van der Waals surface area contributed by atoms with Gasteiger partial charge in [-0.1, -0.05) is 12.1 Å². The second kappa shape index (κ2) is 6.17. The van der Waals surface area contributed by atoms with Crippen molar-refractivity contribution in [1.82, 2.24) is 0 Å². The van der Waals surface area contributed by atoms with Crippen molar-refractivity contribution in [1.29, 1.82) is 0 Å². The monoisotopic (exact) mass is 294 g/mol. The van der Waals surface area contributed by atoms with E-state index in [1.807, 2.05) is 0 Å². The predicted octanol–water partition coefficient (Wildman–Crippen LogP) is 0.713. The summed E-state index contributed by atoms with van der Waals surface area (Å²) in [6.07, 6.45) is -0.357. The second-order valence-electron chi connectivity index (χ2n) is 4.72. The molecule has 0 radical (unpaired) electrons. The highest BCUT2D eigenvalue weighted by atomic mass is 16.5. The Morgan fingerprint density at radius 1 is 1.19 bits per heavy atom. The van der Waals surface area contributed by atoms with Gasteiger partial charge in [0.2, 0.25) is 0 Å². The Morgan fingerprint density at radius 3 is 2.48 bits per heavy atom. The second-order valence-corrected chi connectivity index (χ2v) is 4.72. The van der Waals surface area contributed by atoms with Gasteiger partial charge in [-0.3, -0.25) is 0 Å². The van der Waals surface area contributed by atoms with Crippen LogP contribution in [0.3, 0.4) is 0 Å². The minimum atomic E-state index is -1.24. The Morgan fingerprint density at radius 2 is 1.90 bits per heavy atom. The number of benzene rings is 1. The van der Waals surface area contributed by atoms with E-state index in [1.54, 1.807) is 13.0 Å². The zero-order chi connectivity index (χ0) is 15.6. The summed E-state index contributed by atoms with van der Waals surface area (Å²) in [6, 6.07) is 4.01. The van der Waals surface area contributed by atoms with E-state index >= 15 is 0 Å². The minimum Gasteiger partial charge on any atom is -0.504 e. The van der Waals surface area contributed by atoms with E-state index in [1.165, 1.54) is 24.3 Å². The van der Waals surface area contributed by atoms with E-state index < -0.39 is 18.3 Å². The summed E-state index contributed by atoms with van der Waals surface area (Å²) in [7, 11) is 0. The Kier molecular flexibility index (Phi) is 4.52. The van der Waals surface area contributed by atoms with Crippen LogP contribution in [0, 0.1) is 0 Å². The number of aliphatic hydroxyl groups is 3. The van der Waals surface area contributed by atoms with Gasteiger partial charge in [0, 0.05) is 5.57 Å². The molecule has 2 unspecified atom stereocenters. The number of ether oxygens (including phenoxy) is 1. The lowest BCUT2D eigenvalue weighted by molar-refractivity contribution is -0.0839. The van der Waals surface area contributed by atoms with Gasteiger partial charge < -0.3 is 30.3 Å². The molecular weight excluding hydrogens is 276 g/mol. The molecule has 0 saturated carbocycles. The molecule has 0 aliphatic carbocycles. The standard InChI is InChI=1S/C15H18O6/c1-2-9-12(5-6-16)21-15(14(20)13(9)19)8-3-4-10(17)11(18)7-8/h2-5,7,13-20H,6H2,1H3/b9-2+,12-5+/t13?,14-,15?/m0/s1. The Labute approximate surface area is 121 Å². The fraction of sp³-hybridized carbons (Fsp3) is 0.333. The van der Waals surface area contributed by atoms with Crippen LogP contribution in [-0.2, 0) is 4.74 Å². The molecule has 1 saturated heterocycles.